The largest absolute Gasteiger partial charge is 0.453 e. The van der Waals surface area contributed by atoms with Crippen LogP contribution in [0.4, 0.5) is 4.79 Å². The molecule has 0 heterocycles. The number of halogens is 2. The molecule has 0 bridgehead atoms. The molecule has 3 nitrogen and oxygen atoms in total. The Morgan fingerprint density at radius 1 is 1.57 bits per heavy atom. The third-order valence-corrected chi connectivity index (χ3v) is 0.201. The zero-order valence-corrected chi connectivity index (χ0v) is 7.14. The minimum Gasteiger partial charge on any atom is -0.453 e. The second kappa shape index (κ2) is 9.52. The maximum absolute atomic E-state index is 9.37. The zero-order chi connectivity index (χ0) is 4.28. The van der Waals surface area contributed by atoms with Gasteiger partial charge in [0, 0.05) is 0 Å². The SMILES string of the molecule is Br.Br.COC(N)=O. The first-order valence-corrected chi connectivity index (χ1v) is 1.11. The molecule has 0 unspecified atom stereocenters. The van der Waals surface area contributed by atoms with Crippen molar-refractivity contribution in [3.8, 4) is 0 Å². The molecule has 2 N–H and O–H groups in total. The van der Waals surface area contributed by atoms with Crippen LogP contribution in [-0.2, 0) is 4.74 Å². The molecule has 0 aliphatic rings. The monoisotopic (exact) mass is 235 g/mol. The molecule has 0 aromatic rings. The Kier molecular flexibility index (Phi) is 21.3. The highest BCUT2D eigenvalue weighted by molar-refractivity contribution is 8.93. The first-order valence-electron chi connectivity index (χ1n) is 1.11. The molecular formula is C2H7Br2NO2. The van der Waals surface area contributed by atoms with Crippen LogP contribution in [0.2, 0.25) is 0 Å². The summed E-state index contributed by atoms with van der Waals surface area (Å²) in [6.45, 7) is 0. The smallest absolute Gasteiger partial charge is 0.404 e. The van der Waals surface area contributed by atoms with E-state index in [4.69, 9.17) is 0 Å². The van der Waals surface area contributed by atoms with Gasteiger partial charge in [0.05, 0.1) is 7.11 Å². The Hall–Kier alpha value is 0.230. The minimum absolute atomic E-state index is 0. The molecule has 0 spiro atoms. The highest BCUT2D eigenvalue weighted by Gasteiger charge is 1.76. The molecule has 0 aromatic heterocycles. The third kappa shape index (κ3) is 22.4. The maximum Gasteiger partial charge on any atom is 0.404 e. The van der Waals surface area contributed by atoms with Crippen molar-refractivity contribution in [3.63, 3.8) is 0 Å². The molecule has 0 saturated carbocycles. The Balaban J connectivity index is -0.0000000800. The van der Waals surface area contributed by atoms with Gasteiger partial charge in [-0.05, 0) is 0 Å². The number of carbonyl (C=O) groups is 1. The van der Waals surface area contributed by atoms with Crippen LogP contribution in [0, 0.1) is 0 Å². The fourth-order valence-electron chi connectivity index (χ4n) is 0. The van der Waals surface area contributed by atoms with Crippen LogP contribution in [0.5, 0.6) is 0 Å². The lowest BCUT2D eigenvalue weighted by molar-refractivity contribution is 0.182. The molecule has 0 rings (SSSR count). The first kappa shape index (κ1) is 15.7. The normalized spacial score (nSPS) is 4.71. The van der Waals surface area contributed by atoms with Gasteiger partial charge in [0.25, 0.3) is 0 Å². The summed E-state index contributed by atoms with van der Waals surface area (Å²) >= 11 is 0. The van der Waals surface area contributed by atoms with Gasteiger partial charge in [0.2, 0.25) is 0 Å². The average molecular weight is 237 g/mol. The Bertz CT molecular complexity index is 49.0. The van der Waals surface area contributed by atoms with E-state index in [1.807, 2.05) is 0 Å². The first-order chi connectivity index (χ1) is 2.27. The second-order valence-electron chi connectivity index (χ2n) is 0.523. The molecule has 0 saturated heterocycles. The van der Waals surface area contributed by atoms with Gasteiger partial charge in [0.15, 0.2) is 0 Å². The highest BCUT2D eigenvalue weighted by Crippen LogP contribution is 1.55. The molecule has 0 atom stereocenters. The number of hydrogen-bond donors (Lipinski definition) is 1. The number of methoxy groups -OCH3 is 1. The summed E-state index contributed by atoms with van der Waals surface area (Å²) in [4.78, 5) is 9.37. The summed E-state index contributed by atoms with van der Waals surface area (Å²) in [6.07, 6.45) is -0.745. The van der Waals surface area contributed by atoms with E-state index in [1.54, 1.807) is 0 Å². The molecule has 46 valence electrons. The summed E-state index contributed by atoms with van der Waals surface area (Å²) in [5.41, 5.74) is 4.43. The van der Waals surface area contributed by atoms with Crippen LogP contribution in [0.25, 0.3) is 0 Å². The Labute approximate surface area is 62.7 Å². The van der Waals surface area contributed by atoms with Crippen LogP contribution in [0.1, 0.15) is 0 Å². The van der Waals surface area contributed by atoms with Crippen molar-refractivity contribution < 1.29 is 9.53 Å². The van der Waals surface area contributed by atoms with E-state index >= 15 is 0 Å². The van der Waals surface area contributed by atoms with Gasteiger partial charge in [-0.2, -0.15) is 0 Å². The number of nitrogens with two attached hydrogens (primary N) is 1. The van der Waals surface area contributed by atoms with Crippen molar-refractivity contribution in [2.24, 2.45) is 5.73 Å². The lowest BCUT2D eigenvalue weighted by atomic mass is 11.3. The standard InChI is InChI=1S/C2H5NO2.2BrH/c1-5-2(3)4;;/h1H3,(H2,3,4);2*1H. The van der Waals surface area contributed by atoms with Crippen LogP contribution >= 0.6 is 34.0 Å². The van der Waals surface area contributed by atoms with E-state index in [9.17, 15) is 4.79 Å². The van der Waals surface area contributed by atoms with Crippen molar-refractivity contribution in [2.45, 2.75) is 0 Å². The van der Waals surface area contributed by atoms with Crippen molar-refractivity contribution in [1.82, 2.24) is 0 Å². The molecule has 0 aliphatic carbocycles. The number of hydrogen-bond acceptors (Lipinski definition) is 2. The van der Waals surface area contributed by atoms with Gasteiger partial charge in [-0.1, -0.05) is 0 Å². The van der Waals surface area contributed by atoms with Gasteiger partial charge < -0.3 is 10.5 Å². The van der Waals surface area contributed by atoms with Crippen molar-refractivity contribution >= 4 is 40.1 Å². The predicted octanol–water partition coefficient (Wildman–Crippen LogP) is 0.867. The summed E-state index contributed by atoms with van der Waals surface area (Å²) in [5.74, 6) is 0. The number of ether oxygens (including phenoxy) is 1. The van der Waals surface area contributed by atoms with Crippen LogP contribution in [0.3, 0.4) is 0 Å². The number of primary amides is 1. The Morgan fingerprint density at radius 3 is 1.71 bits per heavy atom. The highest BCUT2D eigenvalue weighted by atomic mass is 79.9. The third-order valence-electron chi connectivity index (χ3n) is 0.201. The second-order valence-corrected chi connectivity index (χ2v) is 0.523. The quantitative estimate of drug-likeness (QED) is 0.679. The number of amides is 1. The molecule has 0 aliphatic heterocycles. The predicted molar refractivity (Wildman–Crippen MR) is 37.2 cm³/mol. The van der Waals surface area contributed by atoms with Crippen LogP contribution in [-0.4, -0.2) is 13.2 Å². The summed E-state index contributed by atoms with van der Waals surface area (Å²) in [6, 6.07) is 0. The van der Waals surface area contributed by atoms with Gasteiger partial charge >= 0.3 is 6.09 Å². The van der Waals surface area contributed by atoms with E-state index in [2.05, 4.69) is 10.5 Å². The summed E-state index contributed by atoms with van der Waals surface area (Å²) in [5, 5.41) is 0. The minimum atomic E-state index is -0.745. The van der Waals surface area contributed by atoms with Gasteiger partial charge in [-0.25, -0.2) is 4.79 Å². The van der Waals surface area contributed by atoms with Crippen molar-refractivity contribution in [2.75, 3.05) is 7.11 Å². The fourth-order valence-corrected chi connectivity index (χ4v) is 0. The van der Waals surface area contributed by atoms with E-state index in [0.29, 0.717) is 0 Å². The molecule has 0 fully saturated rings. The number of carbonyl (C=O) groups excluding carboxylic acids is 1. The zero-order valence-electron chi connectivity index (χ0n) is 3.71. The van der Waals surface area contributed by atoms with Gasteiger partial charge in [0.1, 0.15) is 0 Å². The van der Waals surface area contributed by atoms with Crippen molar-refractivity contribution in [1.29, 1.82) is 0 Å². The van der Waals surface area contributed by atoms with E-state index in [1.165, 1.54) is 7.11 Å². The van der Waals surface area contributed by atoms with Crippen LogP contribution < -0.4 is 5.73 Å². The molecule has 1 amide bonds. The lowest BCUT2D eigenvalue weighted by Crippen LogP contribution is -2.08. The molecule has 0 aromatic carbocycles. The topological polar surface area (TPSA) is 52.3 Å². The molecule has 5 heteroatoms. The molecule has 7 heavy (non-hydrogen) atoms. The van der Waals surface area contributed by atoms with Gasteiger partial charge in [-0.15, -0.1) is 34.0 Å². The van der Waals surface area contributed by atoms with Crippen molar-refractivity contribution in [3.05, 3.63) is 0 Å². The van der Waals surface area contributed by atoms with E-state index in [-0.39, 0.29) is 34.0 Å². The Morgan fingerprint density at radius 2 is 1.71 bits per heavy atom. The van der Waals surface area contributed by atoms with Gasteiger partial charge in [-0.3, -0.25) is 0 Å². The number of rotatable bonds is 0. The van der Waals surface area contributed by atoms with E-state index < -0.39 is 6.09 Å². The lowest BCUT2D eigenvalue weighted by Gasteiger charge is -1.81. The average Bonchev–Trinajstić information content (AvgIpc) is 1.38. The fraction of sp³-hybridized carbons (Fsp3) is 0.500. The molecule has 0 radical (unpaired) electrons. The summed E-state index contributed by atoms with van der Waals surface area (Å²) < 4.78 is 3.89. The van der Waals surface area contributed by atoms with Crippen LogP contribution in [0.15, 0.2) is 0 Å². The molecular weight excluding hydrogens is 230 g/mol. The maximum atomic E-state index is 9.37. The summed E-state index contributed by atoms with van der Waals surface area (Å²) in [7, 11) is 1.22. The van der Waals surface area contributed by atoms with E-state index in [0.717, 1.165) is 0 Å².